The van der Waals surface area contributed by atoms with Crippen LogP contribution in [0.3, 0.4) is 0 Å². The van der Waals surface area contributed by atoms with E-state index in [1.54, 1.807) is 5.38 Å². The van der Waals surface area contributed by atoms with Crippen LogP contribution in [0.1, 0.15) is 34.8 Å². The fourth-order valence-electron chi connectivity index (χ4n) is 2.82. The Morgan fingerprint density at radius 1 is 1.35 bits per heavy atom. The van der Waals surface area contributed by atoms with Gasteiger partial charge >= 0.3 is 6.18 Å². The zero-order valence-electron chi connectivity index (χ0n) is 14.3. The van der Waals surface area contributed by atoms with Gasteiger partial charge in [0.25, 0.3) is 5.91 Å². The number of rotatable bonds is 7. The molecule has 0 unspecified atom stereocenters. The first-order valence-corrected chi connectivity index (χ1v) is 8.97. The second-order valence-electron chi connectivity index (χ2n) is 6.04. The average Bonchev–Trinajstić information content (AvgIpc) is 2.96. The molecule has 2 rings (SSSR count). The summed E-state index contributed by atoms with van der Waals surface area (Å²) in [5.74, 6) is 0.155. The van der Waals surface area contributed by atoms with Crippen LogP contribution in [0.25, 0.3) is 0 Å². The number of aromatic nitrogens is 1. The van der Waals surface area contributed by atoms with Gasteiger partial charge in [-0.2, -0.15) is 13.2 Å². The molecule has 1 aromatic rings. The van der Waals surface area contributed by atoms with Gasteiger partial charge in [-0.15, -0.1) is 36.2 Å². The van der Waals surface area contributed by atoms with E-state index in [4.69, 9.17) is 5.73 Å². The van der Waals surface area contributed by atoms with Crippen LogP contribution in [0.5, 0.6) is 0 Å². The van der Waals surface area contributed by atoms with Crippen molar-refractivity contribution < 1.29 is 18.0 Å². The smallest absolute Gasteiger partial charge is 0.351 e. The first-order chi connectivity index (χ1) is 11.4. The normalized spacial score (nSPS) is 15.8. The molecule has 1 aliphatic rings. The molecule has 1 fully saturated rings. The van der Waals surface area contributed by atoms with Gasteiger partial charge in [0, 0.05) is 18.3 Å². The summed E-state index contributed by atoms with van der Waals surface area (Å²) in [5, 5.41) is 5.40. The molecule has 0 atom stereocenters. The van der Waals surface area contributed by atoms with Gasteiger partial charge in [0.1, 0.15) is 5.69 Å². The first-order valence-electron chi connectivity index (χ1n) is 8.09. The highest BCUT2D eigenvalue weighted by Crippen LogP contribution is 2.24. The number of likely N-dealkylation sites (tertiary alicyclic amines) is 1. The second kappa shape index (κ2) is 12.0. The lowest BCUT2D eigenvalue weighted by atomic mass is 9.93. The third-order valence-corrected chi connectivity index (χ3v) is 5.00. The molecular formula is C15H25Cl2F3N4OS. The van der Waals surface area contributed by atoms with Crippen molar-refractivity contribution in [3.05, 3.63) is 16.1 Å². The standard InChI is InChI=1S/C15H23F3N4OS.2ClH/c16-15(17,18)10-22-7-3-11(4-8-22)2-6-20-14(23)12-9-24-13(21-12)1-5-19;;/h9,11H,1-8,10,19H2,(H,20,23);2*1H. The molecule has 11 heteroatoms. The van der Waals surface area contributed by atoms with Gasteiger partial charge in [-0.3, -0.25) is 9.69 Å². The average molecular weight is 437 g/mol. The molecule has 2 heterocycles. The first kappa shape index (κ1) is 25.4. The largest absolute Gasteiger partial charge is 0.401 e. The molecule has 0 aromatic carbocycles. The van der Waals surface area contributed by atoms with Crippen molar-refractivity contribution in [3.63, 3.8) is 0 Å². The Bertz CT molecular complexity index is 537. The number of hydrogen-bond donors (Lipinski definition) is 2. The minimum absolute atomic E-state index is 0. The van der Waals surface area contributed by atoms with Gasteiger partial charge in [0.05, 0.1) is 11.6 Å². The number of halogens is 5. The number of nitrogens with two attached hydrogens (primary N) is 1. The fourth-order valence-corrected chi connectivity index (χ4v) is 3.61. The van der Waals surface area contributed by atoms with Crippen LogP contribution >= 0.6 is 36.2 Å². The van der Waals surface area contributed by atoms with Crippen LogP contribution in [-0.2, 0) is 6.42 Å². The fraction of sp³-hybridized carbons (Fsp3) is 0.733. The second-order valence-corrected chi connectivity index (χ2v) is 6.99. The van der Waals surface area contributed by atoms with Crippen molar-refractivity contribution in [3.8, 4) is 0 Å². The van der Waals surface area contributed by atoms with Crippen molar-refractivity contribution in [2.45, 2.75) is 31.9 Å². The lowest BCUT2D eigenvalue weighted by molar-refractivity contribution is -0.148. The Kier molecular flexibility index (Phi) is 11.7. The zero-order valence-corrected chi connectivity index (χ0v) is 16.7. The molecule has 1 aromatic heterocycles. The monoisotopic (exact) mass is 436 g/mol. The number of nitrogens with zero attached hydrogens (tertiary/aromatic N) is 2. The van der Waals surface area contributed by atoms with Gasteiger partial charge < -0.3 is 11.1 Å². The SMILES string of the molecule is Cl.Cl.NCCc1nc(C(=O)NCCC2CCN(CC(F)(F)F)CC2)cs1. The van der Waals surface area contributed by atoms with Gasteiger partial charge in [-0.05, 0) is 44.8 Å². The summed E-state index contributed by atoms with van der Waals surface area (Å²) in [6.07, 6.45) is -1.20. The summed E-state index contributed by atoms with van der Waals surface area (Å²) in [7, 11) is 0. The van der Waals surface area contributed by atoms with Crippen LogP contribution in [-0.4, -0.2) is 54.7 Å². The number of piperidine rings is 1. The number of nitrogens with one attached hydrogen (secondary N) is 1. The quantitative estimate of drug-likeness (QED) is 0.689. The molecular weight excluding hydrogens is 412 g/mol. The van der Waals surface area contributed by atoms with Crippen molar-refractivity contribution in [1.82, 2.24) is 15.2 Å². The van der Waals surface area contributed by atoms with E-state index in [-0.39, 0.29) is 30.7 Å². The highest BCUT2D eigenvalue weighted by atomic mass is 35.5. The predicted octanol–water partition coefficient (Wildman–Crippen LogP) is 2.88. The number of carbonyl (C=O) groups excluding carboxylic acids is 1. The van der Waals surface area contributed by atoms with E-state index >= 15 is 0 Å². The van der Waals surface area contributed by atoms with E-state index in [2.05, 4.69) is 10.3 Å². The maximum Gasteiger partial charge on any atom is 0.401 e. The highest BCUT2D eigenvalue weighted by Gasteiger charge is 2.32. The van der Waals surface area contributed by atoms with E-state index in [0.717, 1.165) is 24.3 Å². The third kappa shape index (κ3) is 8.85. The summed E-state index contributed by atoms with van der Waals surface area (Å²) in [6, 6.07) is 0. The molecule has 26 heavy (non-hydrogen) atoms. The van der Waals surface area contributed by atoms with E-state index in [1.165, 1.54) is 16.2 Å². The Morgan fingerprint density at radius 2 is 2.00 bits per heavy atom. The van der Waals surface area contributed by atoms with Gasteiger partial charge in [0.15, 0.2) is 0 Å². The number of carbonyl (C=O) groups is 1. The Labute approximate surface area is 167 Å². The Balaban J connectivity index is 0.00000312. The minimum atomic E-state index is -4.13. The molecule has 0 spiro atoms. The summed E-state index contributed by atoms with van der Waals surface area (Å²) in [4.78, 5) is 17.7. The maximum absolute atomic E-state index is 12.3. The molecule has 1 saturated heterocycles. The number of alkyl halides is 3. The lowest BCUT2D eigenvalue weighted by Crippen LogP contribution is -2.40. The van der Waals surface area contributed by atoms with Crippen molar-refractivity contribution in [1.29, 1.82) is 0 Å². The summed E-state index contributed by atoms with van der Waals surface area (Å²) < 4.78 is 37.0. The van der Waals surface area contributed by atoms with Crippen molar-refractivity contribution in [2.75, 3.05) is 32.7 Å². The van der Waals surface area contributed by atoms with E-state index in [0.29, 0.717) is 44.2 Å². The highest BCUT2D eigenvalue weighted by molar-refractivity contribution is 7.09. The van der Waals surface area contributed by atoms with Gasteiger partial charge in [-0.25, -0.2) is 4.98 Å². The maximum atomic E-state index is 12.3. The molecule has 3 N–H and O–H groups in total. The van der Waals surface area contributed by atoms with E-state index < -0.39 is 12.7 Å². The van der Waals surface area contributed by atoms with Gasteiger partial charge in [0.2, 0.25) is 0 Å². The molecule has 0 radical (unpaired) electrons. The predicted molar refractivity (Wildman–Crippen MR) is 102 cm³/mol. The summed E-state index contributed by atoms with van der Waals surface area (Å²) >= 11 is 1.42. The molecule has 0 saturated carbocycles. The van der Waals surface area contributed by atoms with E-state index in [9.17, 15) is 18.0 Å². The van der Waals surface area contributed by atoms with Crippen LogP contribution in [0.4, 0.5) is 13.2 Å². The number of amides is 1. The molecule has 5 nitrogen and oxygen atoms in total. The lowest BCUT2D eigenvalue weighted by Gasteiger charge is -2.32. The molecule has 0 aliphatic carbocycles. The van der Waals surface area contributed by atoms with Crippen LogP contribution < -0.4 is 11.1 Å². The molecule has 152 valence electrons. The van der Waals surface area contributed by atoms with Crippen LogP contribution in [0.15, 0.2) is 5.38 Å². The zero-order chi connectivity index (χ0) is 17.6. The number of hydrogen-bond acceptors (Lipinski definition) is 5. The Morgan fingerprint density at radius 3 is 2.58 bits per heavy atom. The van der Waals surface area contributed by atoms with Crippen molar-refractivity contribution >= 4 is 42.1 Å². The minimum Gasteiger partial charge on any atom is -0.351 e. The summed E-state index contributed by atoms with van der Waals surface area (Å²) in [6.45, 7) is 1.12. The van der Waals surface area contributed by atoms with Crippen molar-refractivity contribution in [2.24, 2.45) is 11.7 Å². The molecule has 1 aliphatic heterocycles. The number of thiazole rings is 1. The molecule has 1 amide bonds. The molecule has 0 bridgehead atoms. The Hall–Kier alpha value is -0.610. The third-order valence-electron chi connectivity index (χ3n) is 4.09. The summed E-state index contributed by atoms with van der Waals surface area (Å²) in [5.41, 5.74) is 5.86. The topological polar surface area (TPSA) is 71.2 Å². The van der Waals surface area contributed by atoms with Crippen LogP contribution in [0, 0.1) is 5.92 Å². The van der Waals surface area contributed by atoms with E-state index in [1.807, 2.05) is 0 Å². The van der Waals surface area contributed by atoms with Crippen LogP contribution in [0.2, 0.25) is 0 Å². The van der Waals surface area contributed by atoms with Gasteiger partial charge in [-0.1, -0.05) is 0 Å².